The van der Waals surface area contributed by atoms with Crippen molar-refractivity contribution in [1.29, 1.82) is 0 Å². The van der Waals surface area contributed by atoms with Crippen LogP contribution in [0.5, 0.6) is 5.75 Å². The SMILES string of the molecule is CCCCC1=NC2(c3ccc(Cl)c(Cc4ccc5c(c4)CCO5)c3)O[C@H](CO)[C@@H](O)[C@H](O)C2O1. The van der Waals surface area contributed by atoms with E-state index < -0.39 is 36.7 Å². The van der Waals surface area contributed by atoms with Crippen molar-refractivity contribution < 1.29 is 29.5 Å². The molecule has 0 spiro atoms. The van der Waals surface area contributed by atoms with Gasteiger partial charge in [-0.3, -0.25) is 0 Å². The topological polar surface area (TPSA) is 101 Å². The molecular formula is C26H30ClNO6. The third kappa shape index (κ3) is 4.10. The van der Waals surface area contributed by atoms with Gasteiger partial charge in [0.25, 0.3) is 0 Å². The summed E-state index contributed by atoms with van der Waals surface area (Å²) in [5.41, 5.74) is 2.47. The maximum atomic E-state index is 10.9. The summed E-state index contributed by atoms with van der Waals surface area (Å²) >= 11 is 6.59. The minimum absolute atomic E-state index is 0.454. The van der Waals surface area contributed by atoms with Gasteiger partial charge >= 0.3 is 0 Å². The molecule has 0 saturated carbocycles. The summed E-state index contributed by atoms with van der Waals surface area (Å²) in [7, 11) is 0. The Morgan fingerprint density at radius 1 is 1.15 bits per heavy atom. The lowest BCUT2D eigenvalue weighted by Gasteiger charge is -2.44. The maximum absolute atomic E-state index is 10.9. The fraction of sp³-hybridized carbons (Fsp3) is 0.500. The lowest BCUT2D eigenvalue weighted by Crippen LogP contribution is -2.61. The summed E-state index contributed by atoms with van der Waals surface area (Å²) in [5.74, 6) is 1.41. The van der Waals surface area contributed by atoms with Crippen LogP contribution in [0.3, 0.4) is 0 Å². The zero-order valence-electron chi connectivity index (χ0n) is 19.1. The molecule has 8 heteroatoms. The van der Waals surface area contributed by atoms with E-state index in [0.29, 0.717) is 35.9 Å². The van der Waals surface area contributed by atoms with Crippen LogP contribution in [0.25, 0.3) is 0 Å². The van der Waals surface area contributed by atoms with Gasteiger partial charge in [0.15, 0.2) is 12.0 Å². The van der Waals surface area contributed by atoms with Crippen molar-refractivity contribution in [2.45, 2.75) is 69.2 Å². The van der Waals surface area contributed by atoms with Crippen LogP contribution in [0.2, 0.25) is 5.02 Å². The van der Waals surface area contributed by atoms with Crippen molar-refractivity contribution in [3.63, 3.8) is 0 Å². The van der Waals surface area contributed by atoms with E-state index in [1.54, 1.807) is 6.07 Å². The number of hydrogen-bond donors (Lipinski definition) is 3. The molecule has 0 radical (unpaired) electrons. The second-order valence-corrected chi connectivity index (χ2v) is 9.59. The van der Waals surface area contributed by atoms with Gasteiger partial charge in [-0.15, -0.1) is 0 Å². The molecule has 1 fully saturated rings. The van der Waals surface area contributed by atoms with Gasteiger partial charge in [0, 0.05) is 23.4 Å². The summed E-state index contributed by atoms with van der Waals surface area (Å²) in [6.07, 6.45) is -0.562. The van der Waals surface area contributed by atoms with Gasteiger partial charge in [0.1, 0.15) is 24.1 Å². The standard InChI is InChI=1S/C26H30ClNO6/c1-2-3-4-22-28-26(25(33-22)24(31)23(30)21(14-29)34-26)18-6-7-19(27)17(13-18)12-15-5-8-20-16(11-15)9-10-32-20/h5-8,11,13,21,23-25,29-31H,2-4,9-10,12,14H2,1H3/t21-,23-,24+,25?,26?/m1/s1. The van der Waals surface area contributed by atoms with Crippen molar-refractivity contribution in [2.24, 2.45) is 4.99 Å². The first-order valence-electron chi connectivity index (χ1n) is 11.9. The highest BCUT2D eigenvalue weighted by Crippen LogP contribution is 2.46. The molecule has 5 rings (SSSR count). The van der Waals surface area contributed by atoms with Gasteiger partial charge < -0.3 is 29.5 Å². The van der Waals surface area contributed by atoms with E-state index in [2.05, 4.69) is 13.0 Å². The fourth-order valence-corrected chi connectivity index (χ4v) is 5.17. The largest absolute Gasteiger partial charge is 0.493 e. The van der Waals surface area contributed by atoms with Crippen molar-refractivity contribution in [3.8, 4) is 5.75 Å². The number of benzene rings is 2. The molecule has 7 nitrogen and oxygen atoms in total. The van der Waals surface area contributed by atoms with Crippen LogP contribution in [0, 0.1) is 0 Å². The molecule has 0 amide bonds. The molecule has 1 saturated heterocycles. The number of aliphatic hydroxyl groups is 3. The summed E-state index contributed by atoms with van der Waals surface area (Å²) in [6.45, 7) is 2.32. The molecule has 0 bridgehead atoms. The number of fused-ring (bicyclic) bond motifs is 2. The Morgan fingerprint density at radius 2 is 2.00 bits per heavy atom. The van der Waals surface area contributed by atoms with E-state index in [1.165, 1.54) is 5.56 Å². The van der Waals surface area contributed by atoms with Gasteiger partial charge in [-0.25, -0.2) is 4.99 Å². The predicted octanol–water partition coefficient (Wildman–Crippen LogP) is 3.12. The van der Waals surface area contributed by atoms with Crippen LogP contribution in [-0.2, 0) is 28.0 Å². The summed E-state index contributed by atoms with van der Waals surface area (Å²) < 4.78 is 17.8. The van der Waals surface area contributed by atoms with E-state index in [1.807, 2.05) is 24.3 Å². The van der Waals surface area contributed by atoms with E-state index in [9.17, 15) is 15.3 Å². The van der Waals surface area contributed by atoms with Crippen molar-refractivity contribution in [3.05, 3.63) is 63.7 Å². The first kappa shape index (κ1) is 23.6. The number of rotatable bonds is 7. The quantitative estimate of drug-likeness (QED) is 0.555. The molecule has 2 aromatic carbocycles. The molecule has 5 atom stereocenters. The van der Waals surface area contributed by atoms with E-state index >= 15 is 0 Å². The molecule has 3 N–H and O–H groups in total. The number of halogens is 1. The summed E-state index contributed by atoms with van der Waals surface area (Å²) in [4.78, 5) is 4.79. The second-order valence-electron chi connectivity index (χ2n) is 9.19. The van der Waals surface area contributed by atoms with Gasteiger partial charge in [0.05, 0.1) is 13.2 Å². The van der Waals surface area contributed by atoms with Gasteiger partial charge in [-0.05, 0) is 47.7 Å². The third-order valence-electron chi connectivity index (χ3n) is 6.84. The van der Waals surface area contributed by atoms with E-state index in [-0.39, 0.29) is 0 Å². The highest BCUT2D eigenvalue weighted by Gasteiger charge is 2.60. The van der Waals surface area contributed by atoms with Crippen molar-refractivity contribution in [1.82, 2.24) is 0 Å². The molecule has 3 aliphatic rings. The van der Waals surface area contributed by atoms with Crippen LogP contribution >= 0.6 is 11.6 Å². The smallest absolute Gasteiger partial charge is 0.228 e. The molecule has 34 heavy (non-hydrogen) atoms. The lowest BCUT2D eigenvalue weighted by molar-refractivity contribution is -0.262. The number of ether oxygens (including phenoxy) is 3. The molecule has 2 aromatic rings. The third-order valence-corrected chi connectivity index (χ3v) is 7.21. The maximum Gasteiger partial charge on any atom is 0.228 e. The number of nitrogens with zero attached hydrogens (tertiary/aromatic N) is 1. The first-order chi connectivity index (χ1) is 16.4. The Morgan fingerprint density at radius 3 is 2.79 bits per heavy atom. The van der Waals surface area contributed by atoms with Gasteiger partial charge in [-0.2, -0.15) is 0 Å². The van der Waals surface area contributed by atoms with Gasteiger partial charge in [-0.1, -0.05) is 43.1 Å². The molecule has 3 heterocycles. The minimum Gasteiger partial charge on any atom is -0.493 e. The molecule has 3 aliphatic heterocycles. The normalized spacial score (nSPS) is 29.7. The molecule has 182 valence electrons. The Hall–Kier alpha value is -2.16. The van der Waals surface area contributed by atoms with Crippen molar-refractivity contribution in [2.75, 3.05) is 13.2 Å². The van der Waals surface area contributed by atoms with Gasteiger partial charge in [0.2, 0.25) is 5.72 Å². The van der Waals surface area contributed by atoms with Crippen LogP contribution in [0.4, 0.5) is 0 Å². The molecule has 0 aromatic heterocycles. The number of unbranched alkanes of at least 4 members (excludes halogenated alkanes) is 1. The highest BCUT2D eigenvalue weighted by atomic mass is 35.5. The Balaban J connectivity index is 1.52. The first-order valence-corrected chi connectivity index (χ1v) is 12.3. The molecular weight excluding hydrogens is 458 g/mol. The fourth-order valence-electron chi connectivity index (χ4n) is 4.98. The Labute approximate surface area is 204 Å². The van der Waals surface area contributed by atoms with Crippen LogP contribution in [-0.4, -0.2) is 58.8 Å². The molecule has 2 unspecified atom stereocenters. The minimum atomic E-state index is -1.37. The predicted molar refractivity (Wildman–Crippen MR) is 127 cm³/mol. The van der Waals surface area contributed by atoms with E-state index in [0.717, 1.165) is 36.1 Å². The Kier molecular flexibility index (Phi) is 6.57. The highest BCUT2D eigenvalue weighted by molar-refractivity contribution is 6.31. The Bertz CT molecular complexity index is 1090. The van der Waals surface area contributed by atoms with Crippen LogP contribution in [0.15, 0.2) is 41.4 Å². The van der Waals surface area contributed by atoms with Crippen LogP contribution < -0.4 is 4.74 Å². The summed E-state index contributed by atoms with van der Waals surface area (Å²) in [5, 5.41) is 31.8. The van der Waals surface area contributed by atoms with Crippen LogP contribution in [0.1, 0.15) is 48.4 Å². The zero-order valence-corrected chi connectivity index (χ0v) is 19.9. The number of aliphatic imine (C=N–C) groups is 1. The second kappa shape index (κ2) is 9.47. The van der Waals surface area contributed by atoms with Crippen molar-refractivity contribution >= 4 is 17.5 Å². The van der Waals surface area contributed by atoms with E-state index in [4.69, 9.17) is 30.8 Å². The average molecular weight is 488 g/mol. The monoisotopic (exact) mass is 487 g/mol. The summed E-state index contributed by atoms with van der Waals surface area (Å²) in [6, 6.07) is 11.7. The average Bonchev–Trinajstić information content (AvgIpc) is 3.46. The molecule has 0 aliphatic carbocycles. The zero-order chi connectivity index (χ0) is 23.9. The number of aliphatic hydroxyl groups excluding tert-OH is 3. The number of hydrogen-bond acceptors (Lipinski definition) is 7. The lowest BCUT2D eigenvalue weighted by atomic mass is 9.85.